The second-order valence-electron chi connectivity index (χ2n) is 6.27. The molecule has 1 unspecified atom stereocenters. The van der Waals surface area contributed by atoms with Crippen molar-refractivity contribution in [2.45, 2.75) is 13.8 Å². The number of hydrogen-bond acceptors (Lipinski definition) is 5. The van der Waals surface area contributed by atoms with Crippen LogP contribution in [0.4, 0.5) is 0 Å². The normalized spacial score (nSPS) is 24.5. The molecule has 4 nitrogen and oxygen atoms in total. The number of nitrogens with one attached hydrogen (secondary N) is 1. The highest BCUT2D eigenvalue weighted by Crippen LogP contribution is 2.36. The van der Waals surface area contributed by atoms with Crippen molar-refractivity contribution in [1.29, 1.82) is 0 Å². The number of hydrogen-bond donors (Lipinski definition) is 1. The lowest BCUT2D eigenvalue weighted by Crippen LogP contribution is -2.49. The summed E-state index contributed by atoms with van der Waals surface area (Å²) in [5.74, 6) is 1.57. The Morgan fingerprint density at radius 2 is 2.09 bits per heavy atom. The monoisotopic (exact) mass is 326 g/mol. The number of nitrogens with zero attached hydrogens (tertiary/aromatic N) is 3. The van der Waals surface area contributed by atoms with Gasteiger partial charge in [-0.3, -0.25) is 0 Å². The molecule has 1 N–H and O–H groups in total. The molecule has 4 rings (SSSR count). The molecule has 1 aromatic heterocycles. The predicted molar refractivity (Wildman–Crippen MR) is 97.0 cm³/mol. The van der Waals surface area contributed by atoms with Crippen molar-refractivity contribution < 1.29 is 0 Å². The molecule has 1 saturated heterocycles. The first-order chi connectivity index (χ1) is 11.2. The van der Waals surface area contributed by atoms with E-state index in [4.69, 9.17) is 4.99 Å². The van der Waals surface area contributed by atoms with Gasteiger partial charge in [0, 0.05) is 32.4 Å². The van der Waals surface area contributed by atoms with Gasteiger partial charge in [-0.15, -0.1) is 11.3 Å². The second-order valence-corrected chi connectivity index (χ2v) is 7.21. The van der Waals surface area contributed by atoms with E-state index in [1.165, 1.54) is 21.8 Å². The molecule has 5 heteroatoms. The maximum atomic E-state index is 4.85. The van der Waals surface area contributed by atoms with E-state index < -0.39 is 0 Å². The third-order valence-corrected chi connectivity index (χ3v) is 5.60. The van der Waals surface area contributed by atoms with E-state index in [0.29, 0.717) is 5.92 Å². The highest BCUT2D eigenvalue weighted by Gasteiger charge is 2.30. The van der Waals surface area contributed by atoms with E-state index in [1.54, 1.807) is 11.3 Å². The Labute approximate surface area is 141 Å². The Hall–Kier alpha value is -1.85. The minimum absolute atomic E-state index is 0.456. The summed E-state index contributed by atoms with van der Waals surface area (Å²) >= 11 is 1.76. The minimum atomic E-state index is 0.456. The van der Waals surface area contributed by atoms with Gasteiger partial charge in [0.15, 0.2) is 5.84 Å². The summed E-state index contributed by atoms with van der Waals surface area (Å²) in [6, 6.07) is 4.27. The van der Waals surface area contributed by atoms with Crippen LogP contribution in [0.2, 0.25) is 0 Å². The van der Waals surface area contributed by atoms with Crippen molar-refractivity contribution in [2.24, 2.45) is 10.9 Å². The minimum Gasteiger partial charge on any atom is -0.352 e. The molecule has 120 valence electrons. The zero-order valence-electron chi connectivity index (χ0n) is 13.6. The van der Waals surface area contributed by atoms with Gasteiger partial charge in [0.25, 0.3) is 0 Å². The fourth-order valence-corrected chi connectivity index (χ4v) is 3.93. The molecule has 0 spiro atoms. The van der Waals surface area contributed by atoms with Gasteiger partial charge < -0.3 is 15.1 Å². The third kappa shape index (κ3) is 2.64. The Kier molecular flexibility index (Phi) is 3.83. The average Bonchev–Trinajstić information content (AvgIpc) is 3.10. The van der Waals surface area contributed by atoms with Gasteiger partial charge in [-0.2, -0.15) is 0 Å². The molecular weight excluding hydrogens is 304 g/mol. The molecule has 1 fully saturated rings. The van der Waals surface area contributed by atoms with Gasteiger partial charge in [-0.1, -0.05) is 13.0 Å². The lowest BCUT2D eigenvalue weighted by molar-refractivity contribution is 0.351. The number of thiophene rings is 1. The number of aliphatic imine (C=N–C) groups is 1. The van der Waals surface area contributed by atoms with Crippen molar-refractivity contribution in [3.8, 4) is 0 Å². The van der Waals surface area contributed by atoms with Crippen molar-refractivity contribution in [3.05, 3.63) is 52.1 Å². The Morgan fingerprint density at radius 3 is 2.83 bits per heavy atom. The van der Waals surface area contributed by atoms with Crippen LogP contribution >= 0.6 is 11.3 Å². The van der Waals surface area contributed by atoms with Gasteiger partial charge in [-0.05, 0) is 35.9 Å². The maximum Gasteiger partial charge on any atom is 0.152 e. The molecule has 4 heterocycles. The molecule has 1 aromatic rings. The largest absolute Gasteiger partial charge is 0.352 e. The first-order valence-electron chi connectivity index (χ1n) is 8.21. The van der Waals surface area contributed by atoms with Crippen LogP contribution in [0.3, 0.4) is 0 Å². The summed E-state index contributed by atoms with van der Waals surface area (Å²) in [7, 11) is 0. The zero-order valence-corrected chi connectivity index (χ0v) is 14.4. The molecule has 0 radical (unpaired) electrons. The van der Waals surface area contributed by atoms with E-state index in [9.17, 15) is 0 Å². The van der Waals surface area contributed by atoms with Crippen LogP contribution < -0.4 is 5.32 Å². The molecule has 3 aliphatic rings. The summed E-state index contributed by atoms with van der Waals surface area (Å²) in [5, 5.41) is 5.54. The van der Waals surface area contributed by atoms with Crippen LogP contribution in [0, 0.1) is 5.92 Å². The van der Waals surface area contributed by atoms with Gasteiger partial charge >= 0.3 is 0 Å². The van der Waals surface area contributed by atoms with E-state index in [2.05, 4.69) is 58.8 Å². The number of allylic oxidation sites excluding steroid dienone is 2. The molecule has 0 aliphatic carbocycles. The molecule has 0 aromatic carbocycles. The molecule has 23 heavy (non-hydrogen) atoms. The molecule has 3 aliphatic heterocycles. The van der Waals surface area contributed by atoms with Gasteiger partial charge in [0.1, 0.15) is 0 Å². The quantitative estimate of drug-likeness (QED) is 0.860. The van der Waals surface area contributed by atoms with E-state index in [0.717, 1.165) is 32.0 Å². The number of fused-ring (bicyclic) bond motifs is 1. The zero-order chi connectivity index (χ0) is 15.8. The van der Waals surface area contributed by atoms with Crippen LogP contribution in [0.25, 0.3) is 5.70 Å². The van der Waals surface area contributed by atoms with Crippen LogP contribution in [0.1, 0.15) is 18.7 Å². The molecule has 1 atom stereocenters. The van der Waals surface area contributed by atoms with Crippen molar-refractivity contribution in [3.63, 3.8) is 0 Å². The lowest BCUT2D eigenvalue weighted by Gasteiger charge is -2.39. The first kappa shape index (κ1) is 14.7. The third-order valence-electron chi connectivity index (χ3n) is 4.71. The molecular formula is C18H22N4S. The van der Waals surface area contributed by atoms with Gasteiger partial charge in [0.05, 0.1) is 22.5 Å². The molecule has 0 saturated carbocycles. The van der Waals surface area contributed by atoms with Crippen LogP contribution in [-0.4, -0.2) is 41.8 Å². The Morgan fingerprint density at radius 1 is 1.26 bits per heavy atom. The topological polar surface area (TPSA) is 30.9 Å². The summed E-state index contributed by atoms with van der Waals surface area (Å²) in [6.07, 6.45) is 6.67. The standard InChI is InChI=1S/C18H22N4S/c1-13-10-15-18(21-7-5-19-6-8-21)20-11-16(17-4-3-9-23-17)22(15)12-14(13)2/h3-4,9-13,19H,5-8H2,1-2H3. The molecule has 0 amide bonds. The smallest absolute Gasteiger partial charge is 0.152 e. The molecule has 0 bridgehead atoms. The van der Waals surface area contributed by atoms with Crippen molar-refractivity contribution in [1.82, 2.24) is 15.1 Å². The summed E-state index contributed by atoms with van der Waals surface area (Å²) < 4.78 is 0. The summed E-state index contributed by atoms with van der Waals surface area (Å²) in [4.78, 5) is 10.8. The maximum absolute atomic E-state index is 4.85. The predicted octanol–water partition coefficient (Wildman–Crippen LogP) is 3.10. The van der Waals surface area contributed by atoms with Crippen LogP contribution in [0.5, 0.6) is 0 Å². The second kappa shape index (κ2) is 5.98. The lowest BCUT2D eigenvalue weighted by atomic mass is 9.97. The van der Waals surface area contributed by atoms with Crippen molar-refractivity contribution >= 4 is 22.9 Å². The highest BCUT2D eigenvalue weighted by atomic mass is 32.1. The fraction of sp³-hybridized carbons (Fsp3) is 0.389. The van der Waals surface area contributed by atoms with E-state index in [-0.39, 0.29) is 0 Å². The number of amidine groups is 1. The van der Waals surface area contributed by atoms with E-state index in [1.807, 2.05) is 6.20 Å². The van der Waals surface area contributed by atoms with Gasteiger partial charge in [0.2, 0.25) is 0 Å². The SMILES string of the molecule is CC1=CN2C(=CC1C)C(N1CCNCC1)=NC=C2c1cccs1. The highest BCUT2D eigenvalue weighted by molar-refractivity contribution is 7.11. The number of rotatable bonds is 1. The first-order valence-corrected chi connectivity index (χ1v) is 9.09. The Balaban J connectivity index is 1.77. The summed E-state index contributed by atoms with van der Waals surface area (Å²) in [6.45, 7) is 8.55. The van der Waals surface area contributed by atoms with Crippen LogP contribution in [-0.2, 0) is 0 Å². The van der Waals surface area contributed by atoms with E-state index >= 15 is 0 Å². The Bertz CT molecular complexity index is 705. The van der Waals surface area contributed by atoms with Crippen LogP contribution in [0.15, 0.2) is 52.3 Å². The average molecular weight is 326 g/mol. The fourth-order valence-electron chi connectivity index (χ4n) is 3.20. The van der Waals surface area contributed by atoms with Gasteiger partial charge in [-0.25, -0.2) is 4.99 Å². The summed E-state index contributed by atoms with van der Waals surface area (Å²) in [5.41, 5.74) is 3.80. The number of piperazine rings is 1. The van der Waals surface area contributed by atoms with Crippen molar-refractivity contribution in [2.75, 3.05) is 26.2 Å².